The first-order valence-corrected chi connectivity index (χ1v) is 12.2. The van der Waals surface area contributed by atoms with Gasteiger partial charge < -0.3 is 9.84 Å². The molecule has 0 heterocycles. The number of alkyl halides is 2. The molecule has 0 saturated heterocycles. The lowest BCUT2D eigenvalue weighted by Gasteiger charge is -2.59. The van der Waals surface area contributed by atoms with Gasteiger partial charge in [-0.3, -0.25) is 0 Å². The van der Waals surface area contributed by atoms with Gasteiger partial charge in [0, 0.05) is 6.42 Å². The summed E-state index contributed by atoms with van der Waals surface area (Å²) in [5, 5.41) is 10.6. The van der Waals surface area contributed by atoms with Crippen molar-refractivity contribution in [3.63, 3.8) is 0 Å². The van der Waals surface area contributed by atoms with Crippen molar-refractivity contribution in [2.45, 2.75) is 97.0 Å². The number of rotatable bonds is 4. The van der Waals surface area contributed by atoms with Gasteiger partial charge in [-0.15, -0.1) is 0 Å². The number of halogens is 2. The minimum absolute atomic E-state index is 0.0641. The van der Waals surface area contributed by atoms with Gasteiger partial charge in [0.25, 0.3) is 0 Å². The lowest BCUT2D eigenvalue weighted by atomic mass is 9.46. The first-order chi connectivity index (χ1) is 14.3. The summed E-state index contributed by atoms with van der Waals surface area (Å²) in [5.41, 5.74) is 1.11. The van der Waals surface area contributed by atoms with Gasteiger partial charge in [0.05, 0.1) is 12.7 Å². The van der Waals surface area contributed by atoms with Gasteiger partial charge >= 0.3 is 11.9 Å². The Hall–Kier alpha value is -0.970. The Morgan fingerprint density at radius 3 is 2.58 bits per heavy atom. The van der Waals surface area contributed by atoms with Crippen LogP contribution in [0.25, 0.3) is 0 Å². The maximum absolute atomic E-state index is 14.3. The molecule has 4 aliphatic carbocycles. The molecule has 8 atom stereocenters. The van der Waals surface area contributed by atoms with Crippen molar-refractivity contribution >= 4 is 5.97 Å². The molecule has 3 fully saturated rings. The fourth-order valence-electron chi connectivity index (χ4n) is 8.56. The molecule has 4 rings (SSSR count). The molecule has 5 heteroatoms. The molecule has 0 aromatic heterocycles. The topological polar surface area (TPSA) is 46.5 Å². The van der Waals surface area contributed by atoms with Crippen LogP contribution in [0.1, 0.15) is 85.5 Å². The average Bonchev–Trinajstić information content (AvgIpc) is 3.04. The predicted octanol–water partition coefficient (Wildman–Crippen LogP) is 6.15. The highest BCUT2D eigenvalue weighted by molar-refractivity contribution is 5.77. The van der Waals surface area contributed by atoms with Crippen LogP contribution in [0.15, 0.2) is 11.6 Å². The number of methoxy groups -OCH3 is 1. The lowest BCUT2D eigenvalue weighted by Crippen LogP contribution is -2.52. The quantitative estimate of drug-likeness (QED) is 0.423. The van der Waals surface area contributed by atoms with Gasteiger partial charge in [-0.05, 0) is 98.7 Å². The molecule has 8 unspecified atom stereocenters. The SMILES string of the molecule is COC(=O)C(F)(F)CC(C)C1CCC2C3CC=C4CC(C)(O)CCC4(C)C3CCC12C. The molecule has 31 heavy (non-hydrogen) atoms. The fourth-order valence-corrected chi connectivity index (χ4v) is 8.56. The summed E-state index contributed by atoms with van der Waals surface area (Å²) in [7, 11) is 1.03. The molecule has 1 N–H and O–H groups in total. The van der Waals surface area contributed by atoms with Gasteiger partial charge in [0.1, 0.15) is 0 Å². The van der Waals surface area contributed by atoms with Crippen molar-refractivity contribution in [2.24, 2.45) is 40.4 Å². The Morgan fingerprint density at radius 2 is 1.90 bits per heavy atom. The van der Waals surface area contributed by atoms with Crippen molar-refractivity contribution in [1.82, 2.24) is 0 Å². The van der Waals surface area contributed by atoms with Crippen LogP contribution in [0, 0.1) is 40.4 Å². The van der Waals surface area contributed by atoms with Gasteiger partial charge in [-0.25, -0.2) is 4.79 Å². The second-order valence-corrected chi connectivity index (χ2v) is 12.0. The third-order valence-electron chi connectivity index (χ3n) is 10.2. The minimum atomic E-state index is -3.41. The van der Waals surface area contributed by atoms with Crippen LogP contribution in [-0.2, 0) is 9.53 Å². The monoisotopic (exact) mass is 438 g/mol. The molecule has 4 aliphatic rings. The maximum atomic E-state index is 14.3. The third kappa shape index (κ3) is 3.67. The zero-order chi connectivity index (χ0) is 22.8. The van der Waals surface area contributed by atoms with Crippen molar-refractivity contribution in [3.8, 4) is 0 Å². The highest BCUT2D eigenvalue weighted by Gasteiger charge is 2.60. The van der Waals surface area contributed by atoms with E-state index in [4.69, 9.17) is 0 Å². The first-order valence-electron chi connectivity index (χ1n) is 12.2. The molecule has 176 valence electrons. The number of hydrogen-bond acceptors (Lipinski definition) is 3. The number of carbonyl (C=O) groups is 1. The van der Waals surface area contributed by atoms with Crippen molar-refractivity contribution < 1.29 is 23.4 Å². The van der Waals surface area contributed by atoms with Crippen molar-refractivity contribution in [2.75, 3.05) is 7.11 Å². The Labute approximate surface area is 186 Å². The molecule has 0 aliphatic heterocycles. The Bertz CT molecular complexity index is 760. The minimum Gasteiger partial charge on any atom is -0.465 e. The third-order valence-corrected chi connectivity index (χ3v) is 10.2. The van der Waals surface area contributed by atoms with Crippen molar-refractivity contribution in [1.29, 1.82) is 0 Å². The second kappa shape index (κ2) is 7.53. The van der Waals surface area contributed by atoms with Crippen LogP contribution in [0.5, 0.6) is 0 Å². The van der Waals surface area contributed by atoms with Crippen LogP contribution in [-0.4, -0.2) is 29.7 Å². The van der Waals surface area contributed by atoms with E-state index in [1.54, 1.807) is 0 Å². The smallest absolute Gasteiger partial charge is 0.376 e. The van der Waals surface area contributed by atoms with Crippen molar-refractivity contribution in [3.05, 3.63) is 11.6 Å². The highest BCUT2D eigenvalue weighted by Crippen LogP contribution is 2.67. The van der Waals surface area contributed by atoms with Gasteiger partial charge in [-0.2, -0.15) is 8.78 Å². The molecule has 0 aromatic rings. The highest BCUT2D eigenvalue weighted by atomic mass is 19.3. The van der Waals surface area contributed by atoms with Crippen LogP contribution in [0.4, 0.5) is 8.78 Å². The molecule has 0 radical (unpaired) electrons. The largest absolute Gasteiger partial charge is 0.465 e. The van der Waals surface area contributed by atoms with E-state index in [-0.39, 0.29) is 22.7 Å². The van der Waals surface area contributed by atoms with Gasteiger partial charge in [0.15, 0.2) is 0 Å². The molecular weight excluding hydrogens is 398 g/mol. The summed E-state index contributed by atoms with van der Waals surface area (Å²) in [4.78, 5) is 11.6. The number of carbonyl (C=O) groups excluding carboxylic acids is 1. The number of allylic oxidation sites excluding steroid dienone is 1. The van der Waals surface area contributed by atoms with Gasteiger partial charge in [-0.1, -0.05) is 32.4 Å². The van der Waals surface area contributed by atoms with E-state index in [2.05, 4.69) is 24.7 Å². The summed E-state index contributed by atoms with van der Waals surface area (Å²) in [6, 6.07) is 0. The van der Waals surface area contributed by atoms with Crippen LogP contribution in [0.3, 0.4) is 0 Å². The van der Waals surface area contributed by atoms with Crippen LogP contribution in [0.2, 0.25) is 0 Å². The van der Waals surface area contributed by atoms with Crippen LogP contribution >= 0.6 is 0 Å². The predicted molar refractivity (Wildman–Crippen MR) is 117 cm³/mol. The molecule has 3 saturated carbocycles. The molecule has 3 nitrogen and oxygen atoms in total. The zero-order valence-corrected chi connectivity index (χ0v) is 19.8. The number of fused-ring (bicyclic) bond motifs is 5. The average molecular weight is 439 g/mol. The number of ether oxygens (including phenoxy) is 1. The van der Waals surface area contributed by atoms with E-state index in [9.17, 15) is 18.7 Å². The fraction of sp³-hybridized carbons (Fsp3) is 0.885. The summed E-state index contributed by atoms with van der Waals surface area (Å²) in [6.45, 7) is 8.63. The standard InChI is InChI=1S/C26H40F2O3/c1-16(14-26(27,28)22(29)31-5)19-8-9-20-18-7-6-17-15-23(2,30)12-13-24(17,3)21(18)10-11-25(19,20)4/h6,16,18-21,30H,7-15H2,1-5H3. The number of aliphatic hydroxyl groups is 1. The Balaban J connectivity index is 1.54. The zero-order valence-electron chi connectivity index (χ0n) is 19.8. The van der Waals surface area contributed by atoms with E-state index in [0.717, 1.165) is 58.5 Å². The molecule has 0 spiro atoms. The normalized spacial score (nSPS) is 45.7. The van der Waals surface area contributed by atoms with E-state index in [1.807, 2.05) is 13.8 Å². The molecule has 0 amide bonds. The first kappa shape index (κ1) is 23.2. The molecule has 0 aromatic carbocycles. The lowest BCUT2D eigenvalue weighted by molar-refractivity contribution is -0.172. The Morgan fingerprint density at radius 1 is 1.19 bits per heavy atom. The number of esters is 1. The molecular formula is C26H40F2O3. The van der Waals surface area contributed by atoms with E-state index < -0.39 is 23.9 Å². The van der Waals surface area contributed by atoms with E-state index in [1.165, 1.54) is 5.57 Å². The van der Waals surface area contributed by atoms with Crippen LogP contribution < -0.4 is 0 Å². The molecule has 0 bridgehead atoms. The summed E-state index contributed by atoms with van der Waals surface area (Å²) in [6.07, 6.45) is 10.1. The second-order valence-electron chi connectivity index (χ2n) is 12.0. The summed E-state index contributed by atoms with van der Waals surface area (Å²) < 4.78 is 33.0. The van der Waals surface area contributed by atoms with Gasteiger partial charge in [0.2, 0.25) is 0 Å². The summed E-state index contributed by atoms with van der Waals surface area (Å²) >= 11 is 0. The maximum Gasteiger partial charge on any atom is 0.376 e. The Kier molecular flexibility index (Phi) is 5.64. The van der Waals surface area contributed by atoms with E-state index >= 15 is 0 Å². The number of hydrogen-bond donors (Lipinski definition) is 1. The van der Waals surface area contributed by atoms with E-state index in [0.29, 0.717) is 17.8 Å². The summed E-state index contributed by atoms with van der Waals surface area (Å²) in [5.74, 6) is -3.01.